The van der Waals surface area contributed by atoms with Crippen LogP contribution in [0.2, 0.25) is 0 Å². The van der Waals surface area contributed by atoms with E-state index >= 15 is 0 Å². The normalized spacial score (nSPS) is 16.4. The zero-order valence-corrected chi connectivity index (χ0v) is 18.1. The summed E-state index contributed by atoms with van der Waals surface area (Å²) >= 11 is 9.00. The maximum Gasteiger partial charge on any atom is 0.338 e. The van der Waals surface area contributed by atoms with Crippen molar-refractivity contribution in [3.05, 3.63) is 80.0 Å². The highest BCUT2D eigenvalue weighted by Gasteiger charge is 2.38. The summed E-state index contributed by atoms with van der Waals surface area (Å²) in [5.41, 5.74) is 1.81. The van der Waals surface area contributed by atoms with Crippen LogP contribution in [0.4, 0.5) is 11.4 Å². The molecule has 0 radical (unpaired) electrons. The number of hydrogen-bond donors (Lipinski definition) is 1. The van der Waals surface area contributed by atoms with Crippen molar-refractivity contribution in [2.24, 2.45) is 0 Å². The lowest BCUT2D eigenvalue weighted by molar-refractivity contribution is -0.385. The fraction of sp³-hybridized carbons (Fsp3) is 0.200. The van der Waals surface area contributed by atoms with Gasteiger partial charge in [-0.2, -0.15) is 0 Å². The zero-order valence-electron chi connectivity index (χ0n) is 15.7. The number of carbonyl (C=O) groups excluding carboxylic acids is 1. The number of benzene rings is 2. The molecule has 1 unspecified atom stereocenters. The van der Waals surface area contributed by atoms with E-state index in [-0.39, 0.29) is 17.9 Å². The van der Waals surface area contributed by atoms with Gasteiger partial charge >= 0.3 is 5.97 Å². The Labute approximate surface area is 181 Å². The van der Waals surface area contributed by atoms with Crippen LogP contribution in [0.25, 0.3) is 0 Å². The van der Waals surface area contributed by atoms with Gasteiger partial charge in [0.1, 0.15) is 0 Å². The van der Waals surface area contributed by atoms with Crippen LogP contribution in [0.5, 0.6) is 0 Å². The fourth-order valence-corrected chi connectivity index (χ4v) is 4.02. The van der Waals surface area contributed by atoms with Crippen molar-refractivity contribution in [1.82, 2.24) is 5.32 Å². The number of halogens is 1. The number of thiocarbonyl (C=S) groups is 1. The molecule has 1 atom stereocenters. The van der Waals surface area contributed by atoms with Crippen LogP contribution < -0.4 is 10.2 Å². The number of para-hydroxylation sites is 1. The Morgan fingerprint density at radius 3 is 2.69 bits per heavy atom. The highest BCUT2D eigenvalue weighted by atomic mass is 79.9. The van der Waals surface area contributed by atoms with Gasteiger partial charge < -0.3 is 10.1 Å². The highest BCUT2D eigenvalue weighted by molar-refractivity contribution is 9.10. The largest absolute Gasteiger partial charge is 0.463 e. The van der Waals surface area contributed by atoms with Crippen molar-refractivity contribution in [3.63, 3.8) is 0 Å². The van der Waals surface area contributed by atoms with Crippen molar-refractivity contribution in [2.45, 2.75) is 19.9 Å². The Morgan fingerprint density at radius 1 is 1.31 bits per heavy atom. The molecule has 0 saturated heterocycles. The molecule has 29 heavy (non-hydrogen) atoms. The van der Waals surface area contributed by atoms with Crippen LogP contribution in [0, 0.1) is 10.1 Å². The first-order valence-corrected chi connectivity index (χ1v) is 10.0. The third kappa shape index (κ3) is 4.15. The minimum absolute atomic E-state index is 0.0988. The maximum atomic E-state index is 12.9. The molecule has 0 spiro atoms. The first-order valence-electron chi connectivity index (χ1n) is 8.82. The minimum atomic E-state index is -0.799. The number of hydrogen-bond acceptors (Lipinski definition) is 5. The van der Waals surface area contributed by atoms with Crippen molar-refractivity contribution >= 4 is 50.6 Å². The van der Waals surface area contributed by atoms with Crippen LogP contribution in [0.1, 0.15) is 25.5 Å². The third-order valence-corrected chi connectivity index (χ3v) is 5.28. The molecular weight excluding hydrogens is 458 g/mol. The predicted molar refractivity (Wildman–Crippen MR) is 118 cm³/mol. The number of ether oxygens (including phenoxy) is 1. The molecule has 1 aliphatic heterocycles. The van der Waals surface area contributed by atoms with Gasteiger partial charge in [-0.3, -0.25) is 15.0 Å². The van der Waals surface area contributed by atoms with Crippen LogP contribution in [-0.4, -0.2) is 22.6 Å². The van der Waals surface area contributed by atoms with Gasteiger partial charge in [0.25, 0.3) is 5.69 Å². The van der Waals surface area contributed by atoms with E-state index in [4.69, 9.17) is 17.0 Å². The molecule has 9 heteroatoms. The van der Waals surface area contributed by atoms with Crippen molar-refractivity contribution < 1.29 is 14.5 Å². The molecule has 150 valence electrons. The summed E-state index contributed by atoms with van der Waals surface area (Å²) in [5, 5.41) is 15.0. The molecule has 2 aromatic carbocycles. The van der Waals surface area contributed by atoms with Crippen LogP contribution in [-0.2, 0) is 9.53 Å². The van der Waals surface area contributed by atoms with Gasteiger partial charge in [-0.05, 0) is 50.3 Å². The molecule has 1 N–H and O–H groups in total. The first-order chi connectivity index (χ1) is 13.8. The zero-order chi connectivity index (χ0) is 21.1. The first kappa shape index (κ1) is 20.9. The van der Waals surface area contributed by atoms with E-state index in [0.29, 0.717) is 16.4 Å². The van der Waals surface area contributed by atoms with Crippen LogP contribution in [0.3, 0.4) is 0 Å². The lowest BCUT2D eigenvalue weighted by Gasteiger charge is -2.37. The van der Waals surface area contributed by atoms with Crippen molar-refractivity contribution in [1.29, 1.82) is 0 Å². The van der Waals surface area contributed by atoms with Gasteiger partial charge in [-0.25, -0.2) is 4.79 Å². The van der Waals surface area contributed by atoms with Crippen LogP contribution >= 0.6 is 28.1 Å². The Morgan fingerprint density at radius 2 is 2.03 bits per heavy atom. The number of esters is 1. The number of anilines is 1. The summed E-state index contributed by atoms with van der Waals surface area (Å²) in [6.07, 6.45) is 0. The highest BCUT2D eigenvalue weighted by Crippen LogP contribution is 2.37. The average molecular weight is 476 g/mol. The summed E-state index contributed by atoms with van der Waals surface area (Å²) in [7, 11) is 0. The Balaban J connectivity index is 2.20. The quantitative estimate of drug-likeness (QED) is 0.292. The summed E-state index contributed by atoms with van der Waals surface area (Å²) in [6, 6.07) is 12.9. The number of nitrogens with one attached hydrogen (secondary N) is 1. The number of allylic oxidation sites excluding steroid dienone is 1. The number of carbonyl (C=O) groups is 1. The summed E-state index contributed by atoms with van der Waals surface area (Å²) < 4.78 is 6.11. The topological polar surface area (TPSA) is 84.7 Å². The lowest BCUT2D eigenvalue weighted by Crippen LogP contribution is -2.48. The second-order valence-electron chi connectivity index (χ2n) is 6.23. The number of nitro benzene ring substituents is 1. The second-order valence-corrected chi connectivity index (χ2v) is 7.54. The van der Waals surface area contributed by atoms with E-state index in [2.05, 4.69) is 21.2 Å². The molecule has 0 saturated carbocycles. The molecule has 7 nitrogen and oxygen atoms in total. The minimum Gasteiger partial charge on any atom is -0.463 e. The Bertz CT molecular complexity index is 1020. The second kappa shape index (κ2) is 8.71. The van der Waals surface area contributed by atoms with E-state index in [1.165, 1.54) is 6.07 Å². The summed E-state index contributed by atoms with van der Waals surface area (Å²) in [6.45, 7) is 3.64. The Kier molecular flexibility index (Phi) is 6.29. The number of rotatable bonds is 5. The number of nitrogens with zero attached hydrogens (tertiary/aromatic N) is 2. The lowest BCUT2D eigenvalue weighted by atomic mass is 9.93. The molecular formula is C20H18BrN3O4S. The maximum absolute atomic E-state index is 12.9. The molecule has 2 aromatic rings. The van der Waals surface area contributed by atoms with Gasteiger partial charge in [0.15, 0.2) is 5.11 Å². The van der Waals surface area contributed by atoms with E-state index in [1.807, 2.05) is 24.3 Å². The predicted octanol–water partition coefficient (Wildman–Crippen LogP) is 4.63. The van der Waals surface area contributed by atoms with Crippen LogP contribution in [0.15, 0.2) is 64.3 Å². The smallest absolute Gasteiger partial charge is 0.338 e. The molecule has 1 heterocycles. The molecule has 0 fully saturated rings. The van der Waals surface area contributed by atoms with E-state index in [9.17, 15) is 14.9 Å². The Hall–Kier alpha value is -2.78. The molecule has 0 amide bonds. The standard InChI is InChI=1S/C20H18BrN3O4S/c1-3-28-19(25)17-12(2)23(14-8-6-7-13(21)11-14)20(29)22-18(17)15-9-4-5-10-16(15)24(26)27/h4-11,18H,3H2,1-2H3,(H,22,29). The molecule has 0 bridgehead atoms. The van der Waals surface area contributed by atoms with Gasteiger partial charge in [-0.15, -0.1) is 0 Å². The molecule has 0 aromatic heterocycles. The van der Waals surface area contributed by atoms with Crippen molar-refractivity contribution in [3.8, 4) is 0 Å². The SMILES string of the molecule is CCOC(=O)C1=C(C)N(c2cccc(Br)c2)C(=S)NC1c1ccccc1[N+](=O)[O-]. The van der Waals surface area contributed by atoms with E-state index < -0.39 is 16.9 Å². The third-order valence-electron chi connectivity index (χ3n) is 4.49. The van der Waals surface area contributed by atoms with Gasteiger partial charge in [-0.1, -0.05) is 34.1 Å². The van der Waals surface area contributed by atoms with Gasteiger partial charge in [0.05, 0.1) is 28.7 Å². The van der Waals surface area contributed by atoms with Crippen molar-refractivity contribution in [2.75, 3.05) is 11.5 Å². The average Bonchev–Trinajstić information content (AvgIpc) is 2.67. The van der Waals surface area contributed by atoms with E-state index in [1.54, 1.807) is 36.9 Å². The summed E-state index contributed by atoms with van der Waals surface area (Å²) in [4.78, 5) is 25.7. The van der Waals surface area contributed by atoms with Gasteiger partial charge in [0.2, 0.25) is 0 Å². The monoisotopic (exact) mass is 475 g/mol. The molecule has 0 aliphatic carbocycles. The molecule has 3 rings (SSSR count). The number of nitro groups is 1. The molecule has 1 aliphatic rings. The summed E-state index contributed by atoms with van der Waals surface area (Å²) in [5.74, 6) is -0.553. The fourth-order valence-electron chi connectivity index (χ4n) is 3.27. The van der Waals surface area contributed by atoms with E-state index in [0.717, 1.165) is 10.2 Å². The van der Waals surface area contributed by atoms with Gasteiger partial charge in [0, 0.05) is 21.9 Å².